The van der Waals surface area contributed by atoms with Gasteiger partial charge >= 0.3 is 0 Å². The molecule has 1 saturated heterocycles. The van der Waals surface area contributed by atoms with Gasteiger partial charge in [0, 0.05) is 12.7 Å². The first-order chi connectivity index (χ1) is 7.16. The number of hydrogen-bond donors (Lipinski definition) is 1. The Morgan fingerprint density at radius 2 is 2.40 bits per heavy atom. The molecule has 4 heteroatoms. The number of anilines is 1. The Bertz CT molecular complexity index is 354. The molecule has 0 saturated carbocycles. The van der Waals surface area contributed by atoms with Crippen LogP contribution in [0.1, 0.15) is 24.3 Å². The molecule has 1 aliphatic heterocycles. The molecule has 1 aromatic rings. The van der Waals surface area contributed by atoms with E-state index in [0.717, 1.165) is 6.54 Å². The first kappa shape index (κ1) is 10.7. The number of likely N-dealkylation sites (tertiary alicyclic amines) is 1. The highest BCUT2D eigenvalue weighted by Gasteiger charge is 2.19. The summed E-state index contributed by atoms with van der Waals surface area (Å²) in [5.41, 5.74) is 7.55. The van der Waals surface area contributed by atoms with Crippen LogP contribution in [-0.4, -0.2) is 30.0 Å². The third-order valence-corrected chi connectivity index (χ3v) is 3.30. The molecule has 1 atom stereocenters. The fourth-order valence-electron chi connectivity index (χ4n) is 2.14. The van der Waals surface area contributed by atoms with E-state index in [9.17, 15) is 0 Å². The molecule has 2 heterocycles. The highest BCUT2D eigenvalue weighted by Crippen LogP contribution is 2.28. The largest absolute Gasteiger partial charge is 0.396 e. The third kappa shape index (κ3) is 2.41. The van der Waals surface area contributed by atoms with Gasteiger partial charge in [-0.15, -0.1) is 0 Å². The van der Waals surface area contributed by atoms with E-state index in [0.29, 0.717) is 16.8 Å². The minimum absolute atomic E-state index is 0.405. The highest BCUT2D eigenvalue weighted by molar-refractivity contribution is 6.31. The second kappa shape index (κ2) is 4.37. The van der Waals surface area contributed by atoms with Crippen LogP contribution in [0.3, 0.4) is 0 Å². The van der Waals surface area contributed by atoms with E-state index >= 15 is 0 Å². The number of hydrogen-bond acceptors (Lipinski definition) is 3. The van der Waals surface area contributed by atoms with Crippen LogP contribution in [0.25, 0.3) is 0 Å². The fraction of sp³-hybridized carbons (Fsp3) is 0.545. The molecule has 0 aromatic carbocycles. The number of pyridine rings is 1. The van der Waals surface area contributed by atoms with Gasteiger partial charge < -0.3 is 10.6 Å². The maximum Gasteiger partial charge on any atom is 0.151 e. The Morgan fingerprint density at radius 1 is 1.60 bits per heavy atom. The Labute approximate surface area is 95.2 Å². The summed E-state index contributed by atoms with van der Waals surface area (Å²) >= 11 is 5.80. The van der Waals surface area contributed by atoms with Crippen molar-refractivity contribution in [1.29, 1.82) is 0 Å². The van der Waals surface area contributed by atoms with E-state index in [-0.39, 0.29) is 0 Å². The Balaban J connectivity index is 2.18. The maximum atomic E-state index is 5.80. The van der Waals surface area contributed by atoms with Crippen LogP contribution in [0, 0.1) is 0 Å². The van der Waals surface area contributed by atoms with Crippen molar-refractivity contribution in [2.75, 3.05) is 25.9 Å². The Hall–Kier alpha value is -0.800. The quantitative estimate of drug-likeness (QED) is 0.745. The number of piperidine rings is 1. The van der Waals surface area contributed by atoms with Gasteiger partial charge in [0.1, 0.15) is 0 Å². The second-order valence-electron chi connectivity index (χ2n) is 4.25. The van der Waals surface area contributed by atoms with Crippen molar-refractivity contribution in [2.24, 2.45) is 0 Å². The fourth-order valence-corrected chi connectivity index (χ4v) is 2.25. The summed E-state index contributed by atoms with van der Waals surface area (Å²) in [5.74, 6) is 0.552. The summed E-state index contributed by atoms with van der Waals surface area (Å²) in [6, 6.07) is 1.96. The average molecular weight is 226 g/mol. The van der Waals surface area contributed by atoms with E-state index in [4.69, 9.17) is 17.3 Å². The second-order valence-corrected chi connectivity index (χ2v) is 4.61. The average Bonchev–Trinajstić information content (AvgIpc) is 2.22. The molecule has 3 nitrogen and oxygen atoms in total. The summed E-state index contributed by atoms with van der Waals surface area (Å²) in [4.78, 5) is 6.45. The lowest BCUT2D eigenvalue weighted by molar-refractivity contribution is 0.250. The summed E-state index contributed by atoms with van der Waals surface area (Å²) < 4.78 is 0. The molecule has 82 valence electrons. The SMILES string of the molecule is CN1CCCC(c2cnc(Cl)c(N)c2)C1. The summed E-state index contributed by atoms with van der Waals surface area (Å²) in [6.45, 7) is 2.27. The van der Waals surface area contributed by atoms with E-state index in [1.165, 1.54) is 24.9 Å². The molecule has 2 rings (SSSR count). The molecule has 0 radical (unpaired) electrons. The number of nitrogens with zero attached hydrogens (tertiary/aromatic N) is 2. The van der Waals surface area contributed by atoms with E-state index in [1.54, 1.807) is 0 Å². The van der Waals surface area contributed by atoms with E-state index in [2.05, 4.69) is 16.9 Å². The number of rotatable bonds is 1. The summed E-state index contributed by atoms with van der Waals surface area (Å²) in [6.07, 6.45) is 4.30. The predicted molar refractivity (Wildman–Crippen MR) is 63.1 cm³/mol. The van der Waals surface area contributed by atoms with Crippen molar-refractivity contribution < 1.29 is 0 Å². The van der Waals surface area contributed by atoms with E-state index < -0.39 is 0 Å². The molecule has 2 N–H and O–H groups in total. The lowest BCUT2D eigenvalue weighted by Crippen LogP contribution is -2.30. The molecule has 1 fully saturated rings. The highest BCUT2D eigenvalue weighted by atomic mass is 35.5. The van der Waals surface area contributed by atoms with Crippen LogP contribution in [0.15, 0.2) is 12.3 Å². The minimum atomic E-state index is 0.405. The predicted octanol–water partition coefficient (Wildman–Crippen LogP) is 2.13. The molecule has 1 aromatic heterocycles. The minimum Gasteiger partial charge on any atom is -0.396 e. The van der Waals surface area contributed by atoms with E-state index in [1.807, 2.05) is 12.3 Å². The topological polar surface area (TPSA) is 42.2 Å². The Kier molecular flexibility index (Phi) is 3.12. The molecular weight excluding hydrogens is 210 g/mol. The van der Waals surface area contributed by atoms with Gasteiger partial charge in [-0.3, -0.25) is 0 Å². The number of nitrogen functional groups attached to an aromatic ring is 1. The van der Waals surface area contributed by atoms with Crippen molar-refractivity contribution in [3.8, 4) is 0 Å². The summed E-state index contributed by atoms with van der Waals surface area (Å²) in [5, 5.41) is 0.405. The number of aromatic nitrogens is 1. The maximum absolute atomic E-state index is 5.80. The lowest BCUT2D eigenvalue weighted by Gasteiger charge is -2.29. The number of halogens is 1. The van der Waals surface area contributed by atoms with Crippen LogP contribution in [0.4, 0.5) is 5.69 Å². The van der Waals surface area contributed by atoms with Crippen molar-refractivity contribution >= 4 is 17.3 Å². The van der Waals surface area contributed by atoms with Gasteiger partial charge in [-0.25, -0.2) is 4.98 Å². The lowest BCUT2D eigenvalue weighted by atomic mass is 9.92. The zero-order valence-corrected chi connectivity index (χ0v) is 9.67. The molecule has 0 spiro atoms. The monoisotopic (exact) mass is 225 g/mol. The van der Waals surface area contributed by atoms with Crippen LogP contribution in [0.2, 0.25) is 5.15 Å². The van der Waals surface area contributed by atoms with Crippen molar-refractivity contribution in [3.05, 3.63) is 23.0 Å². The number of likely N-dealkylation sites (N-methyl/N-ethyl adjacent to an activating group) is 1. The van der Waals surface area contributed by atoms with Crippen LogP contribution < -0.4 is 5.73 Å². The van der Waals surface area contributed by atoms with Crippen LogP contribution >= 0.6 is 11.6 Å². The van der Waals surface area contributed by atoms with Crippen molar-refractivity contribution in [2.45, 2.75) is 18.8 Å². The van der Waals surface area contributed by atoms with Crippen LogP contribution in [-0.2, 0) is 0 Å². The van der Waals surface area contributed by atoms with Crippen molar-refractivity contribution in [1.82, 2.24) is 9.88 Å². The van der Waals surface area contributed by atoms with Gasteiger partial charge in [-0.05, 0) is 44.0 Å². The summed E-state index contributed by atoms with van der Waals surface area (Å²) in [7, 11) is 2.15. The first-order valence-corrected chi connectivity index (χ1v) is 5.64. The molecule has 0 bridgehead atoms. The third-order valence-electron chi connectivity index (χ3n) is 2.98. The number of nitrogens with two attached hydrogens (primary N) is 1. The molecule has 1 unspecified atom stereocenters. The molecule has 15 heavy (non-hydrogen) atoms. The van der Waals surface area contributed by atoms with Gasteiger partial charge in [0.15, 0.2) is 5.15 Å². The van der Waals surface area contributed by atoms with Gasteiger partial charge in [-0.2, -0.15) is 0 Å². The molecule has 0 amide bonds. The first-order valence-electron chi connectivity index (χ1n) is 5.26. The van der Waals surface area contributed by atoms with Gasteiger partial charge in [0.05, 0.1) is 5.69 Å². The Morgan fingerprint density at radius 3 is 3.07 bits per heavy atom. The zero-order valence-electron chi connectivity index (χ0n) is 8.91. The standard InChI is InChI=1S/C11H16ClN3/c1-15-4-2-3-8(7-15)9-5-10(13)11(12)14-6-9/h5-6,8H,2-4,7,13H2,1H3. The van der Waals surface area contributed by atoms with Gasteiger partial charge in [0.25, 0.3) is 0 Å². The normalized spacial score (nSPS) is 22.9. The molecule has 1 aliphatic rings. The molecule has 0 aliphatic carbocycles. The van der Waals surface area contributed by atoms with Gasteiger partial charge in [0.2, 0.25) is 0 Å². The van der Waals surface area contributed by atoms with Crippen molar-refractivity contribution in [3.63, 3.8) is 0 Å². The zero-order chi connectivity index (χ0) is 10.8. The molecular formula is C11H16ClN3. The van der Waals surface area contributed by atoms with Crippen LogP contribution in [0.5, 0.6) is 0 Å². The smallest absolute Gasteiger partial charge is 0.151 e. The van der Waals surface area contributed by atoms with Gasteiger partial charge in [-0.1, -0.05) is 11.6 Å².